The molecule has 2 aromatic rings. The van der Waals surface area contributed by atoms with Gasteiger partial charge in [-0.3, -0.25) is 0 Å². The van der Waals surface area contributed by atoms with Gasteiger partial charge < -0.3 is 9.47 Å². The predicted octanol–water partition coefficient (Wildman–Crippen LogP) is 4.22. The van der Waals surface area contributed by atoms with Crippen LogP contribution in [-0.4, -0.2) is 19.2 Å². The zero-order valence-electron chi connectivity index (χ0n) is 12.6. The van der Waals surface area contributed by atoms with Gasteiger partial charge in [0.15, 0.2) is 0 Å². The van der Waals surface area contributed by atoms with Crippen LogP contribution in [0.5, 0.6) is 11.5 Å². The maximum absolute atomic E-state index is 5.37. The van der Waals surface area contributed by atoms with Crippen LogP contribution >= 0.6 is 0 Å². The van der Waals surface area contributed by atoms with Crippen LogP contribution in [0.1, 0.15) is 22.5 Å². The highest BCUT2D eigenvalue weighted by Crippen LogP contribution is 2.30. The second-order valence-corrected chi connectivity index (χ2v) is 4.58. The Morgan fingerprint density at radius 2 is 1.62 bits per heavy atom. The fourth-order valence-corrected chi connectivity index (χ4v) is 2.06. The van der Waals surface area contributed by atoms with E-state index in [0.29, 0.717) is 0 Å². The van der Waals surface area contributed by atoms with Gasteiger partial charge in [-0.1, -0.05) is 18.7 Å². The lowest BCUT2D eigenvalue weighted by Gasteiger charge is -2.10. The van der Waals surface area contributed by atoms with Crippen molar-refractivity contribution in [3.05, 3.63) is 59.4 Å². The normalized spacial score (nSPS) is 10.6. The molecule has 0 atom stereocenters. The van der Waals surface area contributed by atoms with Crippen LogP contribution in [0.4, 0.5) is 0 Å². The largest absolute Gasteiger partial charge is 0.496 e. The predicted molar refractivity (Wildman–Crippen MR) is 87.5 cm³/mol. The maximum atomic E-state index is 5.37. The maximum Gasteiger partial charge on any atom is 0.126 e. The second kappa shape index (κ2) is 6.75. The van der Waals surface area contributed by atoms with Crippen molar-refractivity contribution in [2.45, 2.75) is 6.92 Å². The Balaban J connectivity index is 2.33. The number of aromatic nitrogens is 1. The molecular weight excluding hydrogens is 262 g/mol. The molecule has 0 aliphatic heterocycles. The van der Waals surface area contributed by atoms with Gasteiger partial charge in [-0.05, 0) is 48.9 Å². The number of benzene rings is 1. The molecule has 3 heteroatoms. The minimum atomic E-state index is 0.807. The van der Waals surface area contributed by atoms with Crippen LogP contribution in [-0.2, 0) is 0 Å². The summed E-state index contributed by atoms with van der Waals surface area (Å²) in [7, 11) is 3.31. The monoisotopic (exact) mass is 281 g/mol. The minimum absolute atomic E-state index is 0.807. The number of nitrogens with zero attached hydrogens (tertiary/aromatic N) is 1. The number of rotatable bonds is 5. The summed E-state index contributed by atoms with van der Waals surface area (Å²) in [5.74, 6) is 1.61. The van der Waals surface area contributed by atoms with Crippen molar-refractivity contribution in [2.75, 3.05) is 14.2 Å². The summed E-state index contributed by atoms with van der Waals surface area (Å²) in [4.78, 5) is 4.44. The summed E-state index contributed by atoms with van der Waals surface area (Å²) in [6.07, 6.45) is 5.67. The Morgan fingerprint density at radius 1 is 1.00 bits per heavy atom. The van der Waals surface area contributed by atoms with E-state index in [2.05, 4.69) is 11.6 Å². The smallest absolute Gasteiger partial charge is 0.126 e. The topological polar surface area (TPSA) is 31.4 Å². The Morgan fingerprint density at radius 3 is 2.19 bits per heavy atom. The van der Waals surface area contributed by atoms with Crippen LogP contribution in [0.2, 0.25) is 0 Å². The standard InChI is InChI=1S/C18H19NO2/c1-5-15-7-6-8-16(19-15)10-9-14-11-17(20-3)13(2)18(12-14)21-4/h5-12H,1H2,2-4H3/b10-9+. The molecule has 21 heavy (non-hydrogen) atoms. The Labute approximate surface area is 125 Å². The summed E-state index contributed by atoms with van der Waals surface area (Å²) < 4.78 is 10.7. The lowest BCUT2D eigenvalue weighted by Crippen LogP contribution is -1.93. The van der Waals surface area contributed by atoms with Crippen LogP contribution in [0.3, 0.4) is 0 Å². The highest BCUT2D eigenvalue weighted by molar-refractivity contribution is 5.70. The SMILES string of the molecule is C=Cc1cccc(/C=C/c2cc(OC)c(C)c(OC)c2)n1. The van der Waals surface area contributed by atoms with Crippen LogP contribution in [0, 0.1) is 6.92 Å². The third kappa shape index (κ3) is 3.51. The Bertz CT molecular complexity index is 650. The molecule has 3 nitrogen and oxygen atoms in total. The first-order valence-corrected chi connectivity index (χ1v) is 6.68. The van der Waals surface area contributed by atoms with Crippen LogP contribution in [0.15, 0.2) is 36.9 Å². The molecule has 0 bridgehead atoms. The van der Waals surface area contributed by atoms with Crippen molar-refractivity contribution in [2.24, 2.45) is 0 Å². The quantitative estimate of drug-likeness (QED) is 0.822. The van der Waals surface area contributed by atoms with E-state index in [1.807, 2.05) is 49.4 Å². The fourth-order valence-electron chi connectivity index (χ4n) is 2.06. The summed E-state index contributed by atoms with van der Waals surface area (Å²) in [5.41, 5.74) is 3.73. The van der Waals surface area contributed by atoms with Gasteiger partial charge in [-0.25, -0.2) is 4.98 Å². The number of pyridine rings is 1. The average molecular weight is 281 g/mol. The zero-order valence-corrected chi connectivity index (χ0v) is 12.6. The number of hydrogen-bond acceptors (Lipinski definition) is 3. The van der Waals surface area contributed by atoms with Gasteiger partial charge >= 0.3 is 0 Å². The van der Waals surface area contributed by atoms with Gasteiger partial charge in [0.1, 0.15) is 11.5 Å². The van der Waals surface area contributed by atoms with Gasteiger partial charge in [-0.2, -0.15) is 0 Å². The summed E-state index contributed by atoms with van der Waals surface area (Å²) in [5, 5.41) is 0. The van der Waals surface area contributed by atoms with Crippen molar-refractivity contribution >= 4 is 18.2 Å². The molecule has 0 aliphatic carbocycles. The Kier molecular flexibility index (Phi) is 4.77. The molecule has 0 aliphatic rings. The first-order valence-electron chi connectivity index (χ1n) is 6.68. The van der Waals surface area contributed by atoms with Crippen molar-refractivity contribution < 1.29 is 9.47 Å². The minimum Gasteiger partial charge on any atom is -0.496 e. The molecule has 1 aromatic carbocycles. The average Bonchev–Trinajstić information content (AvgIpc) is 2.54. The van der Waals surface area contributed by atoms with Gasteiger partial charge in [0.25, 0.3) is 0 Å². The lowest BCUT2D eigenvalue weighted by atomic mass is 10.1. The molecule has 0 saturated heterocycles. The van der Waals surface area contributed by atoms with Crippen molar-refractivity contribution in [1.29, 1.82) is 0 Å². The number of hydrogen-bond donors (Lipinski definition) is 0. The molecule has 108 valence electrons. The van der Waals surface area contributed by atoms with Crippen LogP contribution < -0.4 is 9.47 Å². The van der Waals surface area contributed by atoms with E-state index in [4.69, 9.17) is 9.47 Å². The number of ether oxygens (including phenoxy) is 2. The second-order valence-electron chi connectivity index (χ2n) is 4.58. The molecule has 0 radical (unpaired) electrons. The molecule has 0 amide bonds. The van der Waals surface area contributed by atoms with E-state index >= 15 is 0 Å². The first-order chi connectivity index (χ1) is 10.2. The molecule has 0 fully saturated rings. The summed E-state index contributed by atoms with van der Waals surface area (Å²) >= 11 is 0. The van der Waals surface area contributed by atoms with Gasteiger partial charge in [0, 0.05) is 5.56 Å². The van der Waals surface area contributed by atoms with E-state index in [1.165, 1.54) is 0 Å². The van der Waals surface area contributed by atoms with Crippen LogP contribution in [0.25, 0.3) is 18.2 Å². The zero-order chi connectivity index (χ0) is 15.2. The van der Waals surface area contributed by atoms with E-state index in [9.17, 15) is 0 Å². The highest BCUT2D eigenvalue weighted by atomic mass is 16.5. The molecule has 0 saturated carbocycles. The first kappa shape index (κ1) is 14.9. The summed E-state index contributed by atoms with van der Waals surface area (Å²) in [6.45, 7) is 5.70. The fraction of sp³-hybridized carbons (Fsp3) is 0.167. The molecule has 2 rings (SSSR count). The van der Waals surface area contributed by atoms with Gasteiger partial charge in [0.2, 0.25) is 0 Å². The third-order valence-electron chi connectivity index (χ3n) is 3.22. The van der Waals surface area contributed by atoms with Crippen molar-refractivity contribution in [1.82, 2.24) is 4.98 Å². The molecule has 0 N–H and O–H groups in total. The van der Waals surface area contributed by atoms with Crippen molar-refractivity contribution in [3.8, 4) is 11.5 Å². The van der Waals surface area contributed by atoms with E-state index < -0.39 is 0 Å². The number of methoxy groups -OCH3 is 2. The summed E-state index contributed by atoms with van der Waals surface area (Å²) in [6, 6.07) is 9.78. The molecule has 0 spiro atoms. The molecule has 1 heterocycles. The van der Waals surface area contributed by atoms with Crippen molar-refractivity contribution in [3.63, 3.8) is 0 Å². The molecular formula is C18H19NO2. The Hall–Kier alpha value is -2.55. The van der Waals surface area contributed by atoms with Gasteiger partial charge in [-0.15, -0.1) is 0 Å². The van der Waals surface area contributed by atoms with Gasteiger partial charge in [0.05, 0.1) is 25.6 Å². The van der Waals surface area contributed by atoms with E-state index in [1.54, 1.807) is 20.3 Å². The molecule has 0 unspecified atom stereocenters. The van der Waals surface area contributed by atoms with E-state index in [-0.39, 0.29) is 0 Å². The molecule has 1 aromatic heterocycles. The third-order valence-corrected chi connectivity index (χ3v) is 3.22. The van der Waals surface area contributed by atoms with E-state index in [0.717, 1.165) is 34.0 Å². The lowest BCUT2D eigenvalue weighted by molar-refractivity contribution is 0.388. The highest BCUT2D eigenvalue weighted by Gasteiger charge is 2.06.